The van der Waals surface area contributed by atoms with Crippen LogP contribution in [-0.4, -0.2) is 14.4 Å². The normalized spacial score (nSPS) is 22.1. The Balaban J connectivity index is 2.67. The smallest absolute Gasteiger partial charge is 0.261 e. The highest BCUT2D eigenvalue weighted by Gasteiger charge is 2.40. The van der Waals surface area contributed by atoms with Gasteiger partial charge in [0, 0.05) is 0 Å². The van der Waals surface area contributed by atoms with Crippen molar-refractivity contribution in [2.24, 2.45) is 0 Å². The summed E-state index contributed by atoms with van der Waals surface area (Å²) in [6.45, 7) is 14.9. The lowest BCUT2D eigenvalue weighted by atomic mass is 10.1. The molecule has 0 radical (unpaired) electrons. The number of ether oxygens (including phenoxy) is 1. The minimum absolute atomic E-state index is 0.116. The van der Waals surface area contributed by atoms with Crippen LogP contribution in [0.2, 0.25) is 18.1 Å². The molecule has 2 nitrogen and oxygen atoms in total. The van der Waals surface area contributed by atoms with Crippen LogP contribution in [0.4, 0.5) is 0 Å². The molecule has 1 aliphatic rings. The van der Waals surface area contributed by atoms with E-state index in [0.717, 1.165) is 12.8 Å². The fraction of sp³-hybridized carbons (Fsp3) is 0.692. The van der Waals surface area contributed by atoms with E-state index in [1.165, 1.54) is 0 Å². The van der Waals surface area contributed by atoms with Gasteiger partial charge in [-0.05, 0) is 37.0 Å². The van der Waals surface area contributed by atoms with E-state index in [1.54, 1.807) is 0 Å². The predicted octanol–water partition coefficient (Wildman–Crippen LogP) is 4.21. The molecule has 0 saturated carbocycles. The Bertz CT molecular complexity index is 287. The van der Waals surface area contributed by atoms with E-state index in [4.69, 9.17) is 9.16 Å². The second-order valence-corrected chi connectivity index (χ2v) is 10.6. The number of allylic oxidation sites excluding steroid dienone is 1. The number of rotatable bonds is 3. The highest BCUT2D eigenvalue weighted by molar-refractivity contribution is 6.74. The van der Waals surface area contributed by atoms with Gasteiger partial charge in [-0.3, -0.25) is 0 Å². The Morgan fingerprint density at radius 2 is 2.12 bits per heavy atom. The van der Waals surface area contributed by atoms with E-state index < -0.39 is 8.32 Å². The quantitative estimate of drug-likeness (QED) is 0.543. The fourth-order valence-corrected chi connectivity index (χ4v) is 2.20. The zero-order valence-electron chi connectivity index (χ0n) is 11.2. The lowest BCUT2D eigenvalue weighted by Crippen LogP contribution is -2.41. The van der Waals surface area contributed by atoms with Crippen LogP contribution < -0.4 is 0 Å². The van der Waals surface area contributed by atoms with Crippen molar-refractivity contribution >= 4 is 8.32 Å². The Morgan fingerprint density at radius 1 is 1.50 bits per heavy atom. The summed E-state index contributed by atoms with van der Waals surface area (Å²) in [4.78, 5) is 0. The summed E-state index contributed by atoms with van der Waals surface area (Å²) in [7, 11) is -1.76. The average Bonchev–Trinajstić information content (AvgIpc) is 2.15. The van der Waals surface area contributed by atoms with Crippen LogP contribution >= 0.6 is 0 Å². The molecule has 0 aromatic carbocycles. The highest BCUT2D eigenvalue weighted by atomic mass is 28.4. The Morgan fingerprint density at radius 3 is 2.62 bits per heavy atom. The first-order chi connectivity index (χ1) is 7.26. The molecular formula is C13H24O2Si. The third-order valence-electron chi connectivity index (χ3n) is 3.45. The average molecular weight is 240 g/mol. The minimum atomic E-state index is -1.76. The summed E-state index contributed by atoms with van der Waals surface area (Å²) in [5.41, 5.74) is 0. The molecule has 92 valence electrons. The molecule has 0 aliphatic carbocycles. The van der Waals surface area contributed by atoms with Crippen molar-refractivity contribution in [3.8, 4) is 0 Å². The molecule has 0 aromatic heterocycles. The van der Waals surface area contributed by atoms with Crippen molar-refractivity contribution in [1.82, 2.24) is 0 Å². The van der Waals surface area contributed by atoms with Crippen LogP contribution in [0.3, 0.4) is 0 Å². The molecule has 0 saturated heterocycles. The summed E-state index contributed by atoms with van der Waals surface area (Å²) in [5.74, 6) is 0.711. The lowest BCUT2D eigenvalue weighted by Gasteiger charge is -2.38. The summed E-state index contributed by atoms with van der Waals surface area (Å²) in [6, 6.07) is 0. The minimum Gasteiger partial charge on any atom is -0.519 e. The van der Waals surface area contributed by atoms with Gasteiger partial charge in [-0.1, -0.05) is 33.4 Å². The third kappa shape index (κ3) is 3.14. The van der Waals surface area contributed by atoms with Gasteiger partial charge in [0.05, 0.1) is 0 Å². The van der Waals surface area contributed by atoms with Crippen molar-refractivity contribution in [2.45, 2.75) is 57.8 Å². The van der Waals surface area contributed by atoms with E-state index in [1.807, 2.05) is 6.08 Å². The van der Waals surface area contributed by atoms with Crippen molar-refractivity contribution < 1.29 is 9.16 Å². The maximum atomic E-state index is 6.11. The molecule has 0 unspecified atom stereocenters. The molecule has 0 spiro atoms. The van der Waals surface area contributed by atoms with Crippen LogP contribution in [0.5, 0.6) is 0 Å². The lowest BCUT2D eigenvalue weighted by molar-refractivity contribution is 0.0455. The van der Waals surface area contributed by atoms with Crippen LogP contribution in [0.1, 0.15) is 33.6 Å². The largest absolute Gasteiger partial charge is 0.519 e. The second-order valence-electron chi connectivity index (χ2n) is 5.85. The Hall–Kier alpha value is -0.703. The summed E-state index contributed by atoms with van der Waals surface area (Å²) in [5, 5.41) is 0.207. The van der Waals surface area contributed by atoms with Crippen LogP contribution in [0.15, 0.2) is 24.7 Å². The monoisotopic (exact) mass is 240 g/mol. The summed E-state index contributed by atoms with van der Waals surface area (Å²) >= 11 is 0. The highest BCUT2D eigenvalue weighted by Crippen LogP contribution is 2.38. The molecule has 0 bridgehead atoms. The summed E-state index contributed by atoms with van der Waals surface area (Å²) < 4.78 is 11.8. The van der Waals surface area contributed by atoms with Gasteiger partial charge in [-0.2, -0.15) is 0 Å². The van der Waals surface area contributed by atoms with Crippen LogP contribution in [0, 0.1) is 0 Å². The topological polar surface area (TPSA) is 18.5 Å². The van der Waals surface area contributed by atoms with Crippen molar-refractivity contribution in [1.29, 1.82) is 0 Å². The zero-order chi connectivity index (χ0) is 12.4. The Kier molecular flexibility index (Phi) is 3.89. The van der Waals surface area contributed by atoms with Gasteiger partial charge in [-0.25, -0.2) is 0 Å². The van der Waals surface area contributed by atoms with E-state index >= 15 is 0 Å². The molecule has 1 rings (SSSR count). The van der Waals surface area contributed by atoms with E-state index in [9.17, 15) is 0 Å². The van der Waals surface area contributed by atoms with E-state index in [-0.39, 0.29) is 11.1 Å². The van der Waals surface area contributed by atoms with Crippen molar-refractivity contribution in [3.63, 3.8) is 0 Å². The maximum Gasteiger partial charge on any atom is 0.261 e. The molecule has 16 heavy (non-hydrogen) atoms. The van der Waals surface area contributed by atoms with Gasteiger partial charge in [-0.15, -0.1) is 0 Å². The Labute approximate surface area is 100 Å². The molecule has 0 fully saturated rings. The SMILES string of the molecule is C=C[C@H]1CCC=C(O[Si](C)(C)C(C)(C)C)O1. The van der Waals surface area contributed by atoms with E-state index in [0.29, 0.717) is 5.95 Å². The fourth-order valence-electron chi connectivity index (χ4n) is 1.26. The van der Waals surface area contributed by atoms with E-state index in [2.05, 4.69) is 46.5 Å². The van der Waals surface area contributed by atoms with Gasteiger partial charge < -0.3 is 9.16 Å². The maximum absolute atomic E-state index is 6.11. The van der Waals surface area contributed by atoms with Crippen molar-refractivity contribution in [3.05, 3.63) is 24.7 Å². The molecule has 0 amide bonds. The van der Waals surface area contributed by atoms with Gasteiger partial charge in [0.25, 0.3) is 14.3 Å². The molecular weight excluding hydrogens is 216 g/mol. The zero-order valence-corrected chi connectivity index (χ0v) is 12.2. The van der Waals surface area contributed by atoms with Crippen molar-refractivity contribution in [2.75, 3.05) is 0 Å². The first kappa shape index (κ1) is 13.4. The van der Waals surface area contributed by atoms with Gasteiger partial charge in [0.1, 0.15) is 6.10 Å². The molecule has 1 atom stereocenters. The van der Waals surface area contributed by atoms with Crippen LogP contribution in [0.25, 0.3) is 0 Å². The van der Waals surface area contributed by atoms with Gasteiger partial charge >= 0.3 is 0 Å². The number of hydrogen-bond donors (Lipinski definition) is 0. The molecule has 0 aromatic rings. The molecule has 1 aliphatic heterocycles. The second kappa shape index (κ2) is 4.66. The third-order valence-corrected chi connectivity index (χ3v) is 7.78. The molecule has 3 heteroatoms. The van der Waals surface area contributed by atoms with Crippen LogP contribution in [-0.2, 0) is 9.16 Å². The van der Waals surface area contributed by atoms with Gasteiger partial charge in [0.15, 0.2) is 0 Å². The molecule has 1 heterocycles. The van der Waals surface area contributed by atoms with Gasteiger partial charge in [0.2, 0.25) is 0 Å². The first-order valence-corrected chi connectivity index (χ1v) is 8.85. The number of hydrogen-bond acceptors (Lipinski definition) is 2. The summed E-state index contributed by atoms with van der Waals surface area (Å²) in [6.07, 6.45) is 6.04. The molecule has 0 N–H and O–H groups in total. The predicted molar refractivity (Wildman–Crippen MR) is 70.7 cm³/mol. The first-order valence-electron chi connectivity index (χ1n) is 5.94. The standard InChI is InChI=1S/C13H24O2Si/c1-7-11-9-8-10-12(14-11)15-16(5,6)13(2,3)4/h7,10-11H,1,8-9H2,2-6H3/t11-/m0/s1.